The number of carbonyl (C=O) groups excluding carboxylic acids is 2. The molecule has 0 spiro atoms. The number of carbonyl (C=O) groups is 2. The van der Waals surface area contributed by atoms with Crippen molar-refractivity contribution in [1.82, 2.24) is 9.97 Å². The molecule has 0 N–H and O–H groups in total. The van der Waals surface area contributed by atoms with Crippen molar-refractivity contribution in [1.29, 1.82) is 0 Å². The normalized spacial score (nSPS) is 20.4. The number of ketones is 1. The van der Waals surface area contributed by atoms with Gasteiger partial charge in [0.25, 0.3) is 0 Å². The average molecular weight is 405 g/mol. The minimum Gasteiger partial charge on any atom is -0.465 e. The van der Waals surface area contributed by atoms with E-state index < -0.39 is 0 Å². The van der Waals surface area contributed by atoms with Gasteiger partial charge in [0.15, 0.2) is 0 Å². The maximum absolute atomic E-state index is 13.3. The Balaban J connectivity index is 1.70. The van der Waals surface area contributed by atoms with Crippen LogP contribution in [0.25, 0.3) is 6.08 Å². The highest BCUT2D eigenvalue weighted by Crippen LogP contribution is 2.44. The number of aryl methyl sites for hydroxylation is 1. The molecule has 1 heterocycles. The third-order valence-electron chi connectivity index (χ3n) is 6.44. The van der Waals surface area contributed by atoms with Crippen molar-refractivity contribution in [2.45, 2.75) is 64.2 Å². The number of ether oxygens (including phenoxy) is 1. The molecule has 5 nitrogen and oxygen atoms in total. The molecular weight excluding hydrogens is 376 g/mol. The smallest absolute Gasteiger partial charge is 0.337 e. The Morgan fingerprint density at radius 2 is 1.57 bits per heavy atom. The Kier molecular flexibility index (Phi) is 4.88. The largest absolute Gasteiger partial charge is 0.465 e. The summed E-state index contributed by atoms with van der Waals surface area (Å²) in [5.41, 5.74) is 5.34. The van der Waals surface area contributed by atoms with Crippen molar-refractivity contribution < 1.29 is 14.3 Å². The lowest BCUT2D eigenvalue weighted by Gasteiger charge is -2.40. The zero-order chi connectivity index (χ0) is 21.7. The standard InChI is InChI=1S/C25H28N2O3/c1-24(2)12-13-25(3,4)22-21(24)26-18-11-10-17(20(28)19(18)27-22)14-15-6-8-16(9-7-15)23(29)30-5/h6-9,14H,10-13H2,1-5H3. The SMILES string of the molecule is COC(=O)c1ccc(C=C2CCc3nc4c(nc3C2=O)C(C)(C)CCC4(C)C)cc1. The van der Waals surface area contributed by atoms with Gasteiger partial charge < -0.3 is 4.74 Å². The van der Waals surface area contributed by atoms with Crippen LogP contribution >= 0.6 is 0 Å². The molecule has 1 aromatic carbocycles. The minimum absolute atomic E-state index is 0.0204. The van der Waals surface area contributed by atoms with Crippen LogP contribution in [0.5, 0.6) is 0 Å². The van der Waals surface area contributed by atoms with Crippen LogP contribution in [-0.2, 0) is 22.0 Å². The number of fused-ring (bicyclic) bond motifs is 2. The number of hydrogen-bond acceptors (Lipinski definition) is 5. The number of esters is 1. The molecule has 2 aliphatic rings. The van der Waals surface area contributed by atoms with Crippen molar-refractivity contribution in [3.8, 4) is 0 Å². The van der Waals surface area contributed by atoms with E-state index >= 15 is 0 Å². The fourth-order valence-electron chi connectivity index (χ4n) is 4.32. The Morgan fingerprint density at radius 1 is 0.967 bits per heavy atom. The van der Waals surface area contributed by atoms with E-state index in [2.05, 4.69) is 27.7 Å². The highest BCUT2D eigenvalue weighted by Gasteiger charge is 2.41. The Hall–Kier alpha value is -2.82. The molecule has 0 bridgehead atoms. The van der Waals surface area contributed by atoms with Crippen LogP contribution < -0.4 is 0 Å². The molecule has 0 atom stereocenters. The van der Waals surface area contributed by atoms with Crippen LogP contribution in [0.1, 0.15) is 90.4 Å². The van der Waals surface area contributed by atoms with E-state index in [0.29, 0.717) is 24.1 Å². The Bertz CT molecular complexity index is 1060. The van der Waals surface area contributed by atoms with Crippen molar-refractivity contribution in [3.05, 3.63) is 63.7 Å². The third-order valence-corrected chi connectivity index (χ3v) is 6.44. The zero-order valence-corrected chi connectivity index (χ0v) is 18.3. The van der Waals surface area contributed by atoms with Crippen molar-refractivity contribution >= 4 is 17.8 Å². The van der Waals surface area contributed by atoms with Crippen LogP contribution in [0.4, 0.5) is 0 Å². The van der Waals surface area contributed by atoms with Gasteiger partial charge in [-0.15, -0.1) is 0 Å². The number of hydrogen-bond donors (Lipinski definition) is 0. The lowest BCUT2D eigenvalue weighted by Crippen LogP contribution is -2.38. The summed E-state index contributed by atoms with van der Waals surface area (Å²) in [5, 5.41) is 0. The Morgan fingerprint density at radius 3 is 2.17 bits per heavy atom. The number of rotatable bonds is 2. The molecule has 0 fully saturated rings. The van der Waals surface area contributed by atoms with Gasteiger partial charge >= 0.3 is 5.97 Å². The van der Waals surface area contributed by atoms with Crippen molar-refractivity contribution in [3.63, 3.8) is 0 Å². The first-order valence-electron chi connectivity index (χ1n) is 10.5. The summed E-state index contributed by atoms with van der Waals surface area (Å²) >= 11 is 0. The molecule has 0 saturated carbocycles. The number of Topliss-reactive ketones (excluding diaryl/α,β-unsaturated/α-hetero) is 1. The molecule has 5 heteroatoms. The summed E-state index contributed by atoms with van der Waals surface area (Å²) in [7, 11) is 1.36. The third kappa shape index (κ3) is 3.47. The van der Waals surface area contributed by atoms with Gasteiger partial charge in [-0.05, 0) is 49.5 Å². The maximum atomic E-state index is 13.3. The van der Waals surface area contributed by atoms with Crippen LogP contribution in [0.3, 0.4) is 0 Å². The minimum atomic E-state index is -0.373. The fourth-order valence-corrected chi connectivity index (χ4v) is 4.32. The van der Waals surface area contributed by atoms with Crippen LogP contribution in [-0.4, -0.2) is 28.8 Å². The first kappa shape index (κ1) is 20.5. The van der Waals surface area contributed by atoms with E-state index in [1.165, 1.54) is 7.11 Å². The molecule has 0 aliphatic heterocycles. The number of aromatic nitrogens is 2. The average Bonchev–Trinajstić information content (AvgIpc) is 2.73. The molecular formula is C25H28N2O3. The number of benzene rings is 1. The molecule has 156 valence electrons. The van der Waals surface area contributed by atoms with E-state index in [9.17, 15) is 9.59 Å². The van der Waals surface area contributed by atoms with Gasteiger partial charge in [0.2, 0.25) is 5.78 Å². The molecule has 2 aromatic rings. The second kappa shape index (κ2) is 7.15. The van der Waals surface area contributed by atoms with Gasteiger partial charge in [-0.2, -0.15) is 0 Å². The maximum Gasteiger partial charge on any atom is 0.337 e. The second-order valence-corrected chi connectivity index (χ2v) is 9.60. The van der Waals surface area contributed by atoms with Crippen LogP contribution in [0.15, 0.2) is 29.8 Å². The predicted molar refractivity (Wildman–Crippen MR) is 116 cm³/mol. The molecule has 4 rings (SSSR count). The van der Waals surface area contributed by atoms with Gasteiger partial charge in [-0.25, -0.2) is 9.78 Å². The summed E-state index contributed by atoms with van der Waals surface area (Å²) in [4.78, 5) is 34.8. The van der Waals surface area contributed by atoms with Gasteiger partial charge in [0.05, 0.1) is 29.8 Å². The van der Waals surface area contributed by atoms with Gasteiger partial charge in [-0.3, -0.25) is 9.78 Å². The summed E-state index contributed by atoms with van der Waals surface area (Å²) in [6.45, 7) is 8.82. The van der Waals surface area contributed by atoms with Gasteiger partial charge in [-0.1, -0.05) is 39.8 Å². The van der Waals surface area contributed by atoms with E-state index in [1.54, 1.807) is 12.1 Å². The zero-order valence-electron chi connectivity index (χ0n) is 18.3. The molecule has 0 radical (unpaired) electrons. The summed E-state index contributed by atoms with van der Waals surface area (Å²) < 4.78 is 4.74. The van der Waals surface area contributed by atoms with E-state index in [4.69, 9.17) is 14.7 Å². The summed E-state index contributed by atoms with van der Waals surface area (Å²) in [6, 6.07) is 7.07. The molecule has 0 saturated heterocycles. The predicted octanol–water partition coefficient (Wildman–Crippen LogP) is 4.82. The number of allylic oxidation sites excluding steroid dienone is 1. The number of methoxy groups -OCH3 is 1. The van der Waals surface area contributed by atoms with E-state index in [1.807, 2.05) is 18.2 Å². The summed E-state index contributed by atoms with van der Waals surface area (Å²) in [5.74, 6) is -0.412. The first-order chi connectivity index (χ1) is 14.1. The lowest BCUT2D eigenvalue weighted by atomic mass is 9.67. The van der Waals surface area contributed by atoms with Crippen molar-refractivity contribution in [2.75, 3.05) is 7.11 Å². The lowest BCUT2D eigenvalue weighted by molar-refractivity contribution is 0.0600. The van der Waals surface area contributed by atoms with Crippen LogP contribution in [0.2, 0.25) is 0 Å². The fraction of sp³-hybridized carbons (Fsp3) is 0.440. The number of nitrogens with zero attached hydrogens (tertiary/aromatic N) is 2. The second-order valence-electron chi connectivity index (χ2n) is 9.60. The van der Waals surface area contributed by atoms with Gasteiger partial charge in [0.1, 0.15) is 5.69 Å². The Labute approximate surface area is 177 Å². The van der Waals surface area contributed by atoms with Gasteiger partial charge in [0, 0.05) is 16.4 Å². The quantitative estimate of drug-likeness (QED) is 0.530. The van der Waals surface area contributed by atoms with Crippen LogP contribution in [0, 0.1) is 0 Å². The molecule has 0 unspecified atom stereocenters. The molecule has 1 aromatic heterocycles. The molecule has 0 amide bonds. The summed E-state index contributed by atoms with van der Waals surface area (Å²) in [6.07, 6.45) is 5.35. The monoisotopic (exact) mass is 404 g/mol. The molecule has 30 heavy (non-hydrogen) atoms. The first-order valence-corrected chi connectivity index (χ1v) is 10.5. The highest BCUT2D eigenvalue weighted by molar-refractivity contribution is 6.11. The molecule has 2 aliphatic carbocycles. The van der Waals surface area contributed by atoms with E-state index in [0.717, 1.165) is 41.1 Å². The topological polar surface area (TPSA) is 69.2 Å². The van der Waals surface area contributed by atoms with E-state index in [-0.39, 0.29) is 22.6 Å². The highest BCUT2D eigenvalue weighted by atomic mass is 16.5. The van der Waals surface area contributed by atoms with Crippen molar-refractivity contribution in [2.24, 2.45) is 0 Å².